The van der Waals surface area contributed by atoms with Crippen LogP contribution in [0.2, 0.25) is 0 Å². The molecule has 0 aliphatic heterocycles. The van der Waals surface area contributed by atoms with Crippen LogP contribution >= 0.6 is 0 Å². The van der Waals surface area contributed by atoms with Gasteiger partial charge in [-0.25, -0.2) is 0 Å². The van der Waals surface area contributed by atoms with Crippen LogP contribution in [-0.4, -0.2) is 28.3 Å². The number of nitrogens with zero attached hydrogens (tertiary/aromatic N) is 1. The SMILES string of the molecule is COc1ccc([N+](C)(C)C)cc1N. The van der Waals surface area contributed by atoms with E-state index in [1.165, 1.54) is 5.69 Å². The molecule has 3 heteroatoms. The molecule has 0 fully saturated rings. The first-order valence-corrected chi connectivity index (χ1v) is 4.20. The number of quaternary nitrogens is 1. The van der Waals surface area contributed by atoms with Crippen molar-refractivity contribution >= 4 is 11.4 Å². The first-order chi connectivity index (χ1) is 5.95. The van der Waals surface area contributed by atoms with Crippen LogP contribution in [-0.2, 0) is 0 Å². The Morgan fingerprint density at radius 2 is 1.85 bits per heavy atom. The molecule has 0 aliphatic carbocycles. The third-order valence-corrected chi connectivity index (χ3v) is 1.99. The Bertz CT molecular complexity index is 302. The highest BCUT2D eigenvalue weighted by Gasteiger charge is 2.13. The van der Waals surface area contributed by atoms with Gasteiger partial charge in [0.05, 0.1) is 33.9 Å². The average molecular weight is 181 g/mol. The van der Waals surface area contributed by atoms with Gasteiger partial charge in [0.15, 0.2) is 0 Å². The number of anilines is 1. The Morgan fingerprint density at radius 1 is 1.23 bits per heavy atom. The maximum Gasteiger partial charge on any atom is 0.142 e. The van der Waals surface area contributed by atoms with E-state index in [9.17, 15) is 0 Å². The smallest absolute Gasteiger partial charge is 0.142 e. The lowest BCUT2D eigenvalue weighted by molar-refractivity contribution is 0.416. The van der Waals surface area contributed by atoms with Gasteiger partial charge in [-0.05, 0) is 6.07 Å². The number of nitrogen functional groups attached to an aromatic ring is 1. The summed E-state index contributed by atoms with van der Waals surface area (Å²) in [5.74, 6) is 0.734. The van der Waals surface area contributed by atoms with Crippen LogP contribution in [0.3, 0.4) is 0 Å². The summed E-state index contributed by atoms with van der Waals surface area (Å²) in [7, 11) is 7.92. The van der Waals surface area contributed by atoms with Gasteiger partial charge in [-0.15, -0.1) is 0 Å². The summed E-state index contributed by atoms with van der Waals surface area (Å²) in [6.07, 6.45) is 0. The quantitative estimate of drug-likeness (QED) is 0.554. The van der Waals surface area contributed by atoms with E-state index >= 15 is 0 Å². The van der Waals surface area contributed by atoms with Crippen LogP contribution in [0, 0.1) is 0 Å². The predicted octanol–water partition coefficient (Wildman–Crippen LogP) is 1.47. The van der Waals surface area contributed by atoms with E-state index < -0.39 is 0 Å². The first-order valence-electron chi connectivity index (χ1n) is 4.20. The monoisotopic (exact) mass is 181 g/mol. The van der Waals surface area contributed by atoms with Crippen molar-refractivity contribution in [3.8, 4) is 5.75 Å². The molecular formula is C10H17N2O+. The van der Waals surface area contributed by atoms with Gasteiger partial charge in [0.25, 0.3) is 0 Å². The third-order valence-electron chi connectivity index (χ3n) is 1.99. The minimum atomic E-state index is 0.688. The van der Waals surface area contributed by atoms with Crippen molar-refractivity contribution < 1.29 is 4.74 Å². The molecule has 0 heterocycles. The van der Waals surface area contributed by atoms with E-state index in [1.807, 2.05) is 18.2 Å². The van der Waals surface area contributed by atoms with E-state index in [-0.39, 0.29) is 0 Å². The van der Waals surface area contributed by atoms with E-state index in [1.54, 1.807) is 7.11 Å². The summed E-state index contributed by atoms with van der Waals surface area (Å²) < 4.78 is 5.84. The average Bonchev–Trinajstić information content (AvgIpc) is 2.02. The molecule has 1 aromatic rings. The van der Waals surface area contributed by atoms with E-state index in [4.69, 9.17) is 10.5 Å². The summed E-state index contributed by atoms with van der Waals surface area (Å²) in [6.45, 7) is 0. The maximum atomic E-state index is 5.79. The summed E-state index contributed by atoms with van der Waals surface area (Å²) >= 11 is 0. The van der Waals surface area contributed by atoms with Crippen LogP contribution < -0.4 is 15.0 Å². The molecule has 0 spiro atoms. The first kappa shape index (κ1) is 9.86. The van der Waals surface area contributed by atoms with Crippen molar-refractivity contribution in [3.63, 3.8) is 0 Å². The van der Waals surface area contributed by atoms with Gasteiger partial charge in [-0.3, -0.25) is 4.48 Å². The zero-order chi connectivity index (χ0) is 10.1. The Kier molecular flexibility index (Phi) is 2.48. The maximum absolute atomic E-state index is 5.79. The molecule has 0 atom stereocenters. The Morgan fingerprint density at radius 3 is 2.23 bits per heavy atom. The molecule has 0 aliphatic rings. The molecule has 0 bridgehead atoms. The van der Waals surface area contributed by atoms with Crippen molar-refractivity contribution in [2.45, 2.75) is 0 Å². The van der Waals surface area contributed by atoms with Gasteiger partial charge in [0.1, 0.15) is 11.4 Å². The fourth-order valence-corrected chi connectivity index (χ4v) is 1.14. The van der Waals surface area contributed by atoms with E-state index in [0.717, 1.165) is 10.2 Å². The highest BCUT2D eigenvalue weighted by Crippen LogP contribution is 2.27. The number of ether oxygens (including phenoxy) is 1. The molecule has 2 N–H and O–H groups in total. The predicted molar refractivity (Wildman–Crippen MR) is 57.0 cm³/mol. The topological polar surface area (TPSA) is 35.2 Å². The van der Waals surface area contributed by atoms with Crippen molar-refractivity contribution in [2.75, 3.05) is 34.0 Å². The molecule has 0 saturated carbocycles. The largest absolute Gasteiger partial charge is 0.495 e. The normalized spacial score (nSPS) is 11.4. The zero-order valence-electron chi connectivity index (χ0n) is 8.66. The summed E-state index contributed by atoms with van der Waals surface area (Å²) in [4.78, 5) is 0. The molecular weight excluding hydrogens is 164 g/mol. The van der Waals surface area contributed by atoms with Crippen molar-refractivity contribution in [1.29, 1.82) is 0 Å². The third kappa shape index (κ3) is 2.12. The fraction of sp³-hybridized carbons (Fsp3) is 0.400. The number of nitrogens with two attached hydrogens (primary N) is 1. The number of benzene rings is 1. The Balaban J connectivity index is 3.10. The lowest BCUT2D eigenvalue weighted by Gasteiger charge is -2.23. The molecule has 0 radical (unpaired) electrons. The van der Waals surface area contributed by atoms with E-state index in [2.05, 4.69) is 21.1 Å². The molecule has 0 unspecified atom stereocenters. The second-order valence-electron chi connectivity index (χ2n) is 3.94. The Hall–Kier alpha value is -1.22. The molecule has 1 aromatic carbocycles. The van der Waals surface area contributed by atoms with Crippen LogP contribution in [0.1, 0.15) is 0 Å². The lowest BCUT2D eigenvalue weighted by atomic mass is 10.2. The molecule has 0 amide bonds. The van der Waals surface area contributed by atoms with Crippen LogP contribution in [0.25, 0.3) is 0 Å². The second kappa shape index (κ2) is 3.26. The standard InChI is InChI=1S/C10H17N2O/c1-12(2,3)8-5-6-10(13-4)9(11)7-8/h5-7H,11H2,1-4H3/q+1. The van der Waals surface area contributed by atoms with Crippen molar-refractivity contribution in [1.82, 2.24) is 4.48 Å². The molecule has 13 heavy (non-hydrogen) atoms. The van der Waals surface area contributed by atoms with Gasteiger partial charge >= 0.3 is 0 Å². The summed E-state index contributed by atoms with van der Waals surface area (Å²) in [5.41, 5.74) is 7.65. The lowest BCUT2D eigenvalue weighted by Crippen LogP contribution is -2.34. The van der Waals surface area contributed by atoms with Gasteiger partial charge in [-0.1, -0.05) is 0 Å². The summed E-state index contributed by atoms with van der Waals surface area (Å²) in [6, 6.07) is 5.86. The van der Waals surface area contributed by atoms with Gasteiger partial charge in [0.2, 0.25) is 0 Å². The Labute approximate surface area is 79.3 Å². The van der Waals surface area contributed by atoms with Crippen molar-refractivity contribution in [2.24, 2.45) is 0 Å². The van der Waals surface area contributed by atoms with Crippen LogP contribution in [0.5, 0.6) is 5.75 Å². The van der Waals surface area contributed by atoms with E-state index in [0.29, 0.717) is 5.69 Å². The number of methoxy groups -OCH3 is 1. The number of hydrogen-bond donors (Lipinski definition) is 1. The molecule has 0 saturated heterocycles. The number of rotatable bonds is 2. The molecule has 0 aromatic heterocycles. The highest BCUT2D eigenvalue weighted by molar-refractivity contribution is 5.61. The molecule has 1 rings (SSSR count). The second-order valence-corrected chi connectivity index (χ2v) is 3.94. The van der Waals surface area contributed by atoms with Gasteiger partial charge < -0.3 is 10.5 Å². The minimum Gasteiger partial charge on any atom is -0.495 e. The van der Waals surface area contributed by atoms with Gasteiger partial charge in [-0.2, -0.15) is 0 Å². The van der Waals surface area contributed by atoms with Crippen LogP contribution in [0.4, 0.5) is 11.4 Å². The molecule has 72 valence electrons. The zero-order valence-corrected chi connectivity index (χ0v) is 8.66. The highest BCUT2D eigenvalue weighted by atomic mass is 16.5. The fourth-order valence-electron chi connectivity index (χ4n) is 1.14. The summed E-state index contributed by atoms with van der Waals surface area (Å²) in [5, 5.41) is 0. The number of hydrogen-bond acceptors (Lipinski definition) is 2. The van der Waals surface area contributed by atoms with Gasteiger partial charge in [0, 0.05) is 12.1 Å². The molecule has 3 nitrogen and oxygen atoms in total. The van der Waals surface area contributed by atoms with Crippen LogP contribution in [0.15, 0.2) is 18.2 Å². The minimum absolute atomic E-state index is 0.688. The van der Waals surface area contributed by atoms with Crippen molar-refractivity contribution in [3.05, 3.63) is 18.2 Å².